The third-order valence-corrected chi connectivity index (χ3v) is 10.3. The largest absolute Gasteiger partial charge is 0.508 e. The molecule has 0 unspecified atom stereocenters. The predicted molar refractivity (Wildman–Crippen MR) is 229 cm³/mol. The van der Waals surface area contributed by atoms with Crippen molar-refractivity contribution in [2.45, 2.75) is 128 Å². The third-order valence-electron chi connectivity index (χ3n) is 10.3. The van der Waals surface area contributed by atoms with Crippen molar-refractivity contribution in [3.8, 4) is 5.75 Å². The highest BCUT2D eigenvalue weighted by Gasteiger charge is 2.36. The number of nitrogens with one attached hydrogen (secondary N) is 6. The summed E-state index contributed by atoms with van der Waals surface area (Å²) in [6, 6.07) is 4.03. The van der Waals surface area contributed by atoms with E-state index in [1.54, 1.807) is 52.0 Å². The monoisotopic (exact) mass is 899 g/mol. The van der Waals surface area contributed by atoms with Gasteiger partial charge in [-0.15, -0.1) is 0 Å². The lowest BCUT2D eigenvalue weighted by Gasteiger charge is -2.30. The minimum absolute atomic E-state index is 0.128. The maximum atomic E-state index is 14.0. The number of carbonyl (C=O) groups is 9. The molecule has 2 rings (SSSR count). The number of rotatable bonds is 27. The summed E-state index contributed by atoms with van der Waals surface area (Å²) in [6.07, 6.45) is -3.86. The molecule has 0 aromatic heterocycles. The Bertz CT molecular complexity index is 1930. The van der Waals surface area contributed by atoms with Gasteiger partial charge < -0.3 is 63.2 Å². The molecule has 0 aliphatic heterocycles. The zero-order valence-electron chi connectivity index (χ0n) is 36.4. The van der Waals surface area contributed by atoms with Gasteiger partial charge in [-0.3, -0.25) is 38.4 Å². The van der Waals surface area contributed by atoms with Crippen molar-refractivity contribution >= 4 is 53.4 Å². The lowest BCUT2D eigenvalue weighted by atomic mass is 9.95. The Morgan fingerprint density at radius 3 is 1.45 bits per heavy atom. The molecule has 0 bridgehead atoms. The number of phenols is 1. The van der Waals surface area contributed by atoms with E-state index in [4.69, 9.17) is 5.73 Å². The van der Waals surface area contributed by atoms with E-state index in [-0.39, 0.29) is 18.6 Å². The minimum atomic E-state index is -1.81. The van der Waals surface area contributed by atoms with Gasteiger partial charge in [0.05, 0.1) is 12.1 Å². The Morgan fingerprint density at radius 2 is 0.984 bits per heavy atom. The highest BCUT2D eigenvalue weighted by atomic mass is 16.4. The maximum Gasteiger partial charge on any atom is 0.328 e. The van der Waals surface area contributed by atoms with Crippen LogP contribution in [0.25, 0.3) is 0 Å². The second-order valence-electron chi connectivity index (χ2n) is 15.9. The van der Waals surface area contributed by atoms with Gasteiger partial charge in [-0.05, 0) is 61.3 Å². The van der Waals surface area contributed by atoms with Crippen LogP contribution in [0.5, 0.6) is 5.75 Å². The molecule has 0 radical (unpaired) electrons. The lowest BCUT2D eigenvalue weighted by Crippen LogP contribution is -2.61. The van der Waals surface area contributed by atoms with Gasteiger partial charge in [0.15, 0.2) is 6.04 Å². The highest BCUT2D eigenvalue weighted by Crippen LogP contribution is 2.15. The van der Waals surface area contributed by atoms with Gasteiger partial charge >= 0.3 is 17.9 Å². The number of aliphatic hydroxyl groups is 1. The lowest BCUT2D eigenvalue weighted by molar-refractivity contribution is -0.145. The van der Waals surface area contributed by atoms with Crippen molar-refractivity contribution < 1.29 is 68.7 Å². The average Bonchev–Trinajstić information content (AvgIpc) is 3.23. The molecule has 21 nitrogen and oxygen atoms in total. The molecule has 0 aliphatic carbocycles. The van der Waals surface area contributed by atoms with E-state index in [0.717, 1.165) is 12.5 Å². The van der Waals surface area contributed by atoms with Gasteiger partial charge in [0, 0.05) is 19.3 Å². The van der Waals surface area contributed by atoms with Crippen molar-refractivity contribution in [3.63, 3.8) is 0 Å². The predicted octanol–water partition coefficient (Wildman–Crippen LogP) is -0.689. The van der Waals surface area contributed by atoms with E-state index in [1.165, 1.54) is 24.3 Å². The Hall–Kier alpha value is -6.61. The van der Waals surface area contributed by atoms with Crippen LogP contribution >= 0.6 is 0 Å². The Balaban J connectivity index is 2.39. The van der Waals surface area contributed by atoms with E-state index in [9.17, 15) is 68.7 Å². The van der Waals surface area contributed by atoms with Crippen molar-refractivity contribution in [1.29, 1.82) is 0 Å². The second-order valence-corrected chi connectivity index (χ2v) is 15.9. The van der Waals surface area contributed by atoms with Crippen LogP contribution in [-0.4, -0.2) is 127 Å². The van der Waals surface area contributed by atoms with Gasteiger partial charge in [-0.2, -0.15) is 0 Å². The van der Waals surface area contributed by atoms with Crippen LogP contribution in [0.1, 0.15) is 77.8 Å². The number of nitrogens with two attached hydrogens (primary N) is 1. The van der Waals surface area contributed by atoms with E-state index in [0.29, 0.717) is 12.0 Å². The van der Waals surface area contributed by atoms with Crippen LogP contribution in [0.15, 0.2) is 54.6 Å². The smallest absolute Gasteiger partial charge is 0.328 e. The molecule has 0 fully saturated rings. The summed E-state index contributed by atoms with van der Waals surface area (Å²) in [5.74, 6) is -11.2. The van der Waals surface area contributed by atoms with E-state index < -0.39 is 139 Å². The summed E-state index contributed by atoms with van der Waals surface area (Å²) in [7, 11) is 0. The molecular formula is C43H61N7O14. The quantitative estimate of drug-likeness (QED) is 0.0528. The summed E-state index contributed by atoms with van der Waals surface area (Å²) < 4.78 is 0. The number of carboxylic acid groups (broad SMARTS) is 3. The van der Waals surface area contributed by atoms with E-state index >= 15 is 0 Å². The van der Waals surface area contributed by atoms with Gasteiger partial charge in [-0.25, -0.2) is 4.79 Å². The van der Waals surface area contributed by atoms with Crippen molar-refractivity contribution in [1.82, 2.24) is 31.9 Å². The van der Waals surface area contributed by atoms with Crippen LogP contribution in [0.2, 0.25) is 0 Å². The number of aliphatic carboxylic acids is 3. The molecule has 2 aromatic carbocycles. The Morgan fingerprint density at radius 1 is 0.547 bits per heavy atom. The molecule has 352 valence electrons. The van der Waals surface area contributed by atoms with Crippen molar-refractivity contribution in [2.75, 3.05) is 0 Å². The number of benzene rings is 2. The van der Waals surface area contributed by atoms with Crippen molar-refractivity contribution in [3.05, 3.63) is 65.7 Å². The number of hydrogen-bond donors (Lipinski definition) is 12. The maximum absolute atomic E-state index is 14.0. The minimum Gasteiger partial charge on any atom is -0.508 e. The van der Waals surface area contributed by atoms with Gasteiger partial charge in [0.2, 0.25) is 35.4 Å². The Kier molecular flexibility index (Phi) is 21.8. The topological polar surface area (TPSA) is 353 Å². The van der Waals surface area contributed by atoms with Crippen LogP contribution in [0.4, 0.5) is 0 Å². The highest BCUT2D eigenvalue weighted by molar-refractivity contribution is 5.97. The van der Waals surface area contributed by atoms with Crippen LogP contribution in [0.3, 0.4) is 0 Å². The fraction of sp³-hybridized carbons (Fsp3) is 0.512. The molecular weight excluding hydrogens is 839 g/mol. The first kappa shape index (κ1) is 53.5. The number of phenolic OH excluding ortho intramolecular Hbond substituents is 1. The van der Waals surface area contributed by atoms with Crippen LogP contribution in [-0.2, 0) is 56.0 Å². The van der Waals surface area contributed by atoms with E-state index in [1.807, 2.05) is 6.07 Å². The zero-order valence-corrected chi connectivity index (χ0v) is 36.4. The molecule has 21 heteroatoms. The molecule has 13 N–H and O–H groups in total. The summed E-state index contributed by atoms with van der Waals surface area (Å²) in [6.45, 7) is 7.80. The van der Waals surface area contributed by atoms with Crippen molar-refractivity contribution in [2.24, 2.45) is 17.6 Å². The number of aromatic hydroxyl groups is 1. The first-order valence-corrected chi connectivity index (χ1v) is 20.8. The number of amides is 6. The second kappa shape index (κ2) is 26.1. The normalized spacial score (nSPS) is 15.3. The summed E-state index contributed by atoms with van der Waals surface area (Å²) in [5.41, 5.74) is 7.31. The summed E-state index contributed by atoms with van der Waals surface area (Å²) >= 11 is 0. The molecule has 0 heterocycles. The molecule has 0 saturated heterocycles. The molecule has 0 saturated carbocycles. The van der Waals surface area contributed by atoms with Gasteiger partial charge in [-0.1, -0.05) is 76.6 Å². The van der Waals surface area contributed by atoms with E-state index in [2.05, 4.69) is 31.9 Å². The first-order chi connectivity index (χ1) is 30.0. The molecule has 9 atom stereocenters. The summed E-state index contributed by atoms with van der Waals surface area (Å²) in [4.78, 5) is 117. The number of carbonyl (C=O) groups excluding carboxylic acids is 6. The third kappa shape index (κ3) is 18.0. The molecule has 2 aromatic rings. The van der Waals surface area contributed by atoms with Crippen LogP contribution < -0.4 is 37.6 Å². The summed E-state index contributed by atoms with van der Waals surface area (Å²) in [5, 5.41) is 62.7. The fourth-order valence-electron chi connectivity index (χ4n) is 6.30. The zero-order chi connectivity index (χ0) is 48.3. The number of carboxylic acids is 3. The van der Waals surface area contributed by atoms with Gasteiger partial charge in [0.1, 0.15) is 36.0 Å². The number of aliphatic hydroxyl groups excluding tert-OH is 1. The number of hydrogen-bond acceptors (Lipinski definition) is 12. The molecule has 6 amide bonds. The SMILES string of the molecule is CC[C@H](C)[C@H](NC(=O)[C@@H](NC(=O)[C@@H](N)Cc1ccccc1)C(C)C)C(=O)N[C@@H](CCC(=O)O)C(=O)N[C@@H](CCC(=O)O)C(=O)N[C@@H](Cc1ccc(O)cc1)C(=O)N[C@H](C(=O)O)[C@@H](C)O. The average molecular weight is 900 g/mol. The molecule has 0 spiro atoms. The molecule has 64 heavy (non-hydrogen) atoms. The van der Waals surface area contributed by atoms with Crippen LogP contribution in [0, 0.1) is 11.8 Å². The first-order valence-electron chi connectivity index (χ1n) is 20.8. The molecule has 0 aliphatic rings. The van der Waals surface area contributed by atoms with Gasteiger partial charge in [0.25, 0.3) is 0 Å². The fourth-order valence-corrected chi connectivity index (χ4v) is 6.30. The Labute approximate surface area is 370 Å². The standard InChI is InChI=1S/C43H61N7O14/c1-6-23(4)35(49-41(61)34(22(2)3)48-37(57)28(44)20-25-10-8-7-9-11-25)42(62)46-30(17-19-33(55)56)38(58)45-29(16-18-32(53)54)39(59)47-31(21-26-12-14-27(52)15-13-26)40(60)50-36(24(5)51)43(63)64/h7-15,22-24,28-31,34-36,51-52H,6,16-21,44H2,1-5H3,(H,45,58)(H,46,62)(H,47,59)(H,48,57)(H,49,61)(H,50,60)(H,53,54)(H,55,56)(H,63,64)/t23-,24+,28-,29-,30-,31-,34-,35-,36-/m0/s1.